The molecule has 0 aromatic heterocycles. The number of nitriles is 1. The van der Waals surface area contributed by atoms with Crippen molar-refractivity contribution in [3.63, 3.8) is 0 Å². The predicted octanol–water partition coefficient (Wildman–Crippen LogP) is 5.03. The second-order valence-electron chi connectivity index (χ2n) is 9.15. The monoisotopic (exact) mass is 502 g/mol. The maximum Gasteiger partial charge on any atom is 0.311 e. The highest BCUT2D eigenvalue weighted by Crippen LogP contribution is 2.47. The first-order chi connectivity index (χ1) is 17.4. The number of aliphatic carboxylic acids is 1. The third kappa shape index (κ3) is 4.86. The number of hydrogen-bond donors (Lipinski definition) is 2. The lowest BCUT2D eigenvalue weighted by Crippen LogP contribution is -2.33. The molecular formula is C28H23ClN2O5. The summed E-state index contributed by atoms with van der Waals surface area (Å²) in [6, 6.07) is 21.1. The molecule has 7 nitrogen and oxygen atoms in total. The summed E-state index contributed by atoms with van der Waals surface area (Å²) in [6.07, 6.45) is 1.30. The van der Waals surface area contributed by atoms with Crippen LogP contribution in [0.15, 0.2) is 66.7 Å². The number of fused-ring (bicyclic) bond motifs is 1. The summed E-state index contributed by atoms with van der Waals surface area (Å²) in [6.45, 7) is 0.547. The summed E-state index contributed by atoms with van der Waals surface area (Å²) in [7, 11) is 0. The summed E-state index contributed by atoms with van der Waals surface area (Å²) in [4.78, 5) is 24.6. The zero-order valence-electron chi connectivity index (χ0n) is 19.2. The van der Waals surface area contributed by atoms with Crippen LogP contribution < -0.4 is 14.8 Å². The molecule has 5 rings (SSSR count). The number of carboxylic acid groups (broad SMARTS) is 1. The normalized spacial score (nSPS) is 19.2. The molecule has 36 heavy (non-hydrogen) atoms. The average molecular weight is 503 g/mol. The molecule has 0 bridgehead atoms. The van der Waals surface area contributed by atoms with Gasteiger partial charge in [-0.15, -0.1) is 0 Å². The van der Waals surface area contributed by atoms with Crippen molar-refractivity contribution >= 4 is 23.5 Å². The highest BCUT2D eigenvalue weighted by molar-refractivity contribution is 6.30. The van der Waals surface area contributed by atoms with E-state index in [0.717, 1.165) is 12.8 Å². The van der Waals surface area contributed by atoms with Crippen LogP contribution in [0.1, 0.15) is 52.2 Å². The Bertz CT molecular complexity index is 1340. The molecule has 182 valence electrons. The van der Waals surface area contributed by atoms with E-state index < -0.39 is 18.2 Å². The summed E-state index contributed by atoms with van der Waals surface area (Å²) in [5, 5.41) is 22.5. The number of nitrogens with one attached hydrogen (secondary N) is 1. The van der Waals surface area contributed by atoms with Crippen LogP contribution in [0, 0.1) is 11.3 Å². The van der Waals surface area contributed by atoms with Crippen LogP contribution in [0.2, 0.25) is 5.02 Å². The maximum absolute atomic E-state index is 12.7. The topological polar surface area (TPSA) is 109 Å². The fourth-order valence-corrected chi connectivity index (χ4v) is 4.65. The number of rotatable bonds is 7. The minimum Gasteiger partial charge on any atom is -0.481 e. The smallest absolute Gasteiger partial charge is 0.311 e. The van der Waals surface area contributed by atoms with E-state index in [0.29, 0.717) is 39.8 Å². The zero-order chi connectivity index (χ0) is 25.3. The molecule has 1 amide bonds. The fraction of sp³-hybridized carbons (Fsp3) is 0.250. The number of carbonyl (C=O) groups excluding carboxylic acids is 1. The largest absolute Gasteiger partial charge is 0.481 e. The third-order valence-corrected chi connectivity index (χ3v) is 7.03. The van der Waals surface area contributed by atoms with Crippen LogP contribution in [0.3, 0.4) is 0 Å². The van der Waals surface area contributed by atoms with Crippen LogP contribution in [0.25, 0.3) is 0 Å². The van der Waals surface area contributed by atoms with Gasteiger partial charge in [-0.2, -0.15) is 5.26 Å². The maximum atomic E-state index is 12.7. The van der Waals surface area contributed by atoms with E-state index in [4.69, 9.17) is 26.3 Å². The van der Waals surface area contributed by atoms with Gasteiger partial charge in [0.15, 0.2) is 0 Å². The van der Waals surface area contributed by atoms with E-state index in [9.17, 15) is 14.7 Å². The van der Waals surface area contributed by atoms with Gasteiger partial charge in [-0.1, -0.05) is 23.7 Å². The van der Waals surface area contributed by atoms with E-state index >= 15 is 0 Å². The number of benzene rings is 3. The van der Waals surface area contributed by atoms with Gasteiger partial charge < -0.3 is 19.9 Å². The molecule has 2 N–H and O–H groups in total. The molecule has 0 radical (unpaired) electrons. The van der Waals surface area contributed by atoms with Gasteiger partial charge in [0.25, 0.3) is 5.91 Å². The number of carboxylic acids is 1. The Morgan fingerprint density at radius 2 is 1.83 bits per heavy atom. The summed E-state index contributed by atoms with van der Waals surface area (Å²) >= 11 is 5.99. The Kier molecular flexibility index (Phi) is 6.29. The van der Waals surface area contributed by atoms with E-state index in [1.54, 1.807) is 36.4 Å². The number of halogens is 1. The van der Waals surface area contributed by atoms with Crippen LogP contribution in [0.4, 0.5) is 0 Å². The van der Waals surface area contributed by atoms with Crippen molar-refractivity contribution in [3.8, 4) is 17.6 Å². The lowest BCUT2D eigenvalue weighted by atomic mass is 9.91. The van der Waals surface area contributed by atoms with Crippen molar-refractivity contribution < 1.29 is 24.2 Å². The SMILES string of the molecule is N#Cc1ccc2c(c1)C(C(=O)O)CC(Oc1ccc(C(=O)NCC3(c4ccc(Cl)cc4)CC3)cc1)O2. The Morgan fingerprint density at radius 1 is 1.11 bits per heavy atom. The van der Waals surface area contributed by atoms with Gasteiger partial charge in [-0.05, 0) is 73.0 Å². The molecule has 2 unspecified atom stereocenters. The van der Waals surface area contributed by atoms with Crippen LogP contribution in [0.5, 0.6) is 11.5 Å². The Hall–Kier alpha value is -4.02. The average Bonchev–Trinajstić information content (AvgIpc) is 3.68. The lowest BCUT2D eigenvalue weighted by Gasteiger charge is -2.30. The van der Waals surface area contributed by atoms with Crippen LogP contribution in [-0.2, 0) is 10.2 Å². The lowest BCUT2D eigenvalue weighted by molar-refractivity contribution is -0.141. The molecule has 2 atom stereocenters. The minimum atomic E-state index is -1.01. The van der Waals surface area contributed by atoms with Crippen molar-refractivity contribution in [3.05, 3.63) is 94.0 Å². The van der Waals surface area contributed by atoms with Gasteiger partial charge in [-0.3, -0.25) is 9.59 Å². The van der Waals surface area contributed by atoms with Gasteiger partial charge >= 0.3 is 5.97 Å². The van der Waals surface area contributed by atoms with Crippen molar-refractivity contribution in [2.45, 2.75) is 36.9 Å². The highest BCUT2D eigenvalue weighted by atomic mass is 35.5. The quantitative estimate of drug-likeness (QED) is 0.469. The number of carbonyl (C=O) groups is 2. The van der Waals surface area contributed by atoms with Crippen molar-refractivity contribution in [1.29, 1.82) is 5.26 Å². The first-order valence-corrected chi connectivity index (χ1v) is 12.0. The van der Waals surface area contributed by atoms with E-state index in [1.807, 2.05) is 30.3 Å². The molecule has 1 fully saturated rings. The standard InChI is InChI=1S/C28H23ClN2O5/c29-20-6-4-19(5-7-20)28(11-12-28)16-31-26(32)18-2-8-21(9-3-18)35-25-14-23(27(33)34)22-13-17(15-30)1-10-24(22)36-25/h1-10,13,23,25H,11-12,14,16H2,(H,31,32)(H,33,34). The van der Waals surface area contributed by atoms with Crippen molar-refractivity contribution in [1.82, 2.24) is 5.32 Å². The number of hydrogen-bond acceptors (Lipinski definition) is 5. The molecule has 1 saturated carbocycles. The first-order valence-electron chi connectivity index (χ1n) is 11.6. The van der Waals surface area contributed by atoms with Crippen molar-refractivity contribution in [2.75, 3.05) is 6.54 Å². The van der Waals surface area contributed by atoms with E-state index in [-0.39, 0.29) is 17.7 Å². The van der Waals surface area contributed by atoms with Gasteiger partial charge in [0, 0.05) is 34.5 Å². The summed E-state index contributed by atoms with van der Waals surface area (Å²) < 4.78 is 11.7. The number of ether oxygens (including phenoxy) is 2. The highest BCUT2D eigenvalue weighted by Gasteiger charge is 2.44. The number of nitrogens with zero attached hydrogens (tertiary/aromatic N) is 1. The van der Waals surface area contributed by atoms with Gasteiger partial charge in [-0.25, -0.2) is 0 Å². The molecule has 1 aliphatic carbocycles. The van der Waals surface area contributed by atoms with E-state index in [2.05, 4.69) is 5.32 Å². The Morgan fingerprint density at radius 3 is 2.47 bits per heavy atom. The second-order valence-corrected chi connectivity index (χ2v) is 9.59. The molecule has 1 aliphatic heterocycles. The Balaban J connectivity index is 1.21. The van der Waals surface area contributed by atoms with E-state index in [1.165, 1.54) is 11.6 Å². The Labute approximate surface area is 213 Å². The molecule has 0 spiro atoms. The predicted molar refractivity (Wildman–Crippen MR) is 132 cm³/mol. The number of amides is 1. The fourth-order valence-electron chi connectivity index (χ4n) is 4.52. The van der Waals surface area contributed by atoms with Crippen LogP contribution >= 0.6 is 11.6 Å². The van der Waals surface area contributed by atoms with Crippen molar-refractivity contribution in [2.24, 2.45) is 0 Å². The molecule has 0 saturated heterocycles. The molecule has 2 aliphatic rings. The van der Waals surface area contributed by atoms with Gasteiger partial charge in [0.2, 0.25) is 6.29 Å². The molecule has 3 aromatic carbocycles. The summed E-state index contributed by atoms with van der Waals surface area (Å²) in [5.74, 6) is -1.21. The van der Waals surface area contributed by atoms with Crippen LogP contribution in [-0.4, -0.2) is 29.8 Å². The molecular weight excluding hydrogens is 480 g/mol. The van der Waals surface area contributed by atoms with Gasteiger partial charge in [0.05, 0.1) is 17.6 Å². The van der Waals surface area contributed by atoms with Gasteiger partial charge in [0.1, 0.15) is 11.5 Å². The third-order valence-electron chi connectivity index (χ3n) is 6.78. The molecule has 1 heterocycles. The second kappa shape index (κ2) is 9.56. The summed E-state index contributed by atoms with van der Waals surface area (Å²) in [5.41, 5.74) is 2.47. The molecule has 8 heteroatoms. The first kappa shape index (κ1) is 23.7. The minimum absolute atomic E-state index is 0.0351. The zero-order valence-corrected chi connectivity index (χ0v) is 20.0. The molecule has 3 aromatic rings.